The van der Waals surface area contributed by atoms with E-state index in [1.54, 1.807) is 4.90 Å². The number of hydrogen-bond acceptors (Lipinski definition) is 4. The van der Waals surface area contributed by atoms with Gasteiger partial charge in [0.2, 0.25) is 0 Å². The molecule has 1 atom stereocenters. The van der Waals surface area contributed by atoms with Crippen molar-refractivity contribution in [3.63, 3.8) is 0 Å². The topological polar surface area (TPSA) is 88.1 Å². The zero-order valence-electron chi connectivity index (χ0n) is 23.6. The average Bonchev–Trinajstić information content (AvgIpc) is 3.73. The van der Waals surface area contributed by atoms with Crippen molar-refractivity contribution in [1.82, 2.24) is 10.2 Å². The number of aryl methyl sites for hydroxylation is 1. The van der Waals surface area contributed by atoms with Crippen LogP contribution in [0.25, 0.3) is 0 Å². The Balaban J connectivity index is 0.00000462. The van der Waals surface area contributed by atoms with Crippen molar-refractivity contribution in [2.45, 2.75) is 89.1 Å². The van der Waals surface area contributed by atoms with Crippen LogP contribution in [0.15, 0.2) is 42.5 Å². The number of halogens is 2. The molecule has 0 aromatic heterocycles. The molecular formula is C31H41F2N2NaO5. The summed E-state index contributed by atoms with van der Waals surface area (Å²) in [7, 11) is 0. The quantitative estimate of drug-likeness (QED) is 0.209. The Bertz CT molecular complexity index is 1160. The van der Waals surface area contributed by atoms with Gasteiger partial charge in [-0.05, 0) is 82.1 Å². The SMILES string of the molecule is CCOc1cc([C@@H](C)N(CCCCc2ccccc2)C(=O)NC2(C(=O)O)CC(F)(F)C2)cc(OCC)c1C1CC1.[NaH]. The first-order valence-electron chi connectivity index (χ1n) is 14.3. The van der Waals surface area contributed by atoms with Crippen LogP contribution in [0, 0.1) is 0 Å². The third kappa shape index (κ3) is 8.14. The van der Waals surface area contributed by atoms with Crippen molar-refractivity contribution in [3.05, 3.63) is 59.2 Å². The average molecular weight is 583 g/mol. The van der Waals surface area contributed by atoms with Crippen molar-refractivity contribution >= 4 is 41.6 Å². The summed E-state index contributed by atoms with van der Waals surface area (Å²) in [6.45, 7) is 6.96. The number of rotatable bonds is 14. The number of ether oxygens (including phenoxy) is 2. The molecule has 2 aliphatic carbocycles. The number of amides is 2. The monoisotopic (exact) mass is 582 g/mol. The molecule has 220 valence electrons. The molecule has 0 unspecified atom stereocenters. The van der Waals surface area contributed by atoms with Gasteiger partial charge in [0.15, 0.2) is 5.54 Å². The van der Waals surface area contributed by atoms with Crippen molar-refractivity contribution in [3.8, 4) is 11.5 Å². The second-order valence-electron chi connectivity index (χ2n) is 10.9. The predicted octanol–water partition coefficient (Wildman–Crippen LogP) is 6.06. The van der Waals surface area contributed by atoms with E-state index in [1.807, 2.05) is 63.2 Å². The minimum absolute atomic E-state index is 0. The number of aliphatic carboxylic acids is 1. The molecule has 2 aromatic carbocycles. The fraction of sp³-hybridized carbons (Fsp3) is 0.548. The zero-order chi connectivity index (χ0) is 28.9. The van der Waals surface area contributed by atoms with Gasteiger partial charge in [0.05, 0.1) is 19.3 Å². The van der Waals surface area contributed by atoms with Crippen LogP contribution >= 0.6 is 0 Å². The van der Waals surface area contributed by atoms with Gasteiger partial charge in [-0.15, -0.1) is 0 Å². The zero-order valence-corrected chi connectivity index (χ0v) is 23.6. The van der Waals surface area contributed by atoms with Crippen LogP contribution in [0.4, 0.5) is 13.6 Å². The Hall–Kier alpha value is -2.36. The number of carboxylic acid groups (broad SMARTS) is 1. The molecule has 0 spiro atoms. The number of alkyl halides is 2. The van der Waals surface area contributed by atoms with Crippen LogP contribution in [0.5, 0.6) is 11.5 Å². The fourth-order valence-corrected chi connectivity index (χ4v) is 5.49. The Labute approximate surface area is 263 Å². The number of nitrogens with zero attached hydrogens (tertiary/aromatic N) is 1. The van der Waals surface area contributed by atoms with Crippen molar-refractivity contribution in [2.24, 2.45) is 0 Å². The van der Waals surface area contributed by atoms with E-state index in [1.165, 1.54) is 5.56 Å². The molecule has 2 aliphatic rings. The molecule has 0 aliphatic heterocycles. The Morgan fingerprint density at radius 1 is 1.05 bits per heavy atom. The number of carbonyl (C=O) groups is 2. The molecule has 2 saturated carbocycles. The van der Waals surface area contributed by atoms with Gasteiger partial charge in [-0.1, -0.05) is 30.3 Å². The molecule has 0 saturated heterocycles. The molecule has 2 fully saturated rings. The van der Waals surface area contributed by atoms with Crippen LogP contribution in [-0.4, -0.2) is 82.8 Å². The molecule has 7 nitrogen and oxygen atoms in total. The number of carbonyl (C=O) groups excluding carboxylic acids is 1. The molecular weight excluding hydrogens is 541 g/mol. The van der Waals surface area contributed by atoms with E-state index in [-0.39, 0.29) is 29.6 Å². The molecule has 2 N–H and O–H groups in total. The Morgan fingerprint density at radius 3 is 2.12 bits per heavy atom. The van der Waals surface area contributed by atoms with Gasteiger partial charge in [-0.2, -0.15) is 0 Å². The van der Waals surface area contributed by atoms with Crippen LogP contribution in [-0.2, 0) is 11.2 Å². The fourth-order valence-electron chi connectivity index (χ4n) is 5.49. The second kappa shape index (κ2) is 14.2. The van der Waals surface area contributed by atoms with Gasteiger partial charge in [-0.25, -0.2) is 18.4 Å². The summed E-state index contributed by atoms with van der Waals surface area (Å²) < 4.78 is 39.5. The van der Waals surface area contributed by atoms with Gasteiger partial charge in [0.25, 0.3) is 5.92 Å². The maximum atomic E-state index is 13.8. The number of unbranched alkanes of at least 4 members (excludes halogenated alkanes) is 1. The molecule has 10 heteroatoms. The summed E-state index contributed by atoms with van der Waals surface area (Å²) in [4.78, 5) is 27.1. The third-order valence-corrected chi connectivity index (χ3v) is 7.76. The van der Waals surface area contributed by atoms with E-state index in [0.717, 1.165) is 48.3 Å². The first-order chi connectivity index (χ1) is 19.1. The van der Waals surface area contributed by atoms with Crippen LogP contribution < -0.4 is 14.8 Å². The number of benzene rings is 2. The molecule has 0 heterocycles. The summed E-state index contributed by atoms with van der Waals surface area (Å²) >= 11 is 0. The first kappa shape index (κ1) is 33.1. The maximum absolute atomic E-state index is 13.8. The molecule has 0 bridgehead atoms. The second-order valence-corrected chi connectivity index (χ2v) is 10.9. The summed E-state index contributed by atoms with van der Waals surface area (Å²) in [6, 6.07) is 12.7. The first-order valence-corrected chi connectivity index (χ1v) is 14.3. The van der Waals surface area contributed by atoms with E-state index in [0.29, 0.717) is 32.1 Å². The summed E-state index contributed by atoms with van der Waals surface area (Å²) in [6.07, 6.45) is 2.57. The van der Waals surface area contributed by atoms with Gasteiger partial charge in [-0.3, -0.25) is 0 Å². The molecule has 2 aromatic rings. The van der Waals surface area contributed by atoms with E-state index in [9.17, 15) is 23.5 Å². The van der Waals surface area contributed by atoms with Gasteiger partial charge >= 0.3 is 41.6 Å². The predicted molar refractivity (Wildman–Crippen MR) is 155 cm³/mol. The Morgan fingerprint density at radius 2 is 1.63 bits per heavy atom. The standard InChI is InChI=1S/C31H40F2N2O5.Na.H/c1-4-39-25-17-24(18-26(40-5-2)27(25)23-14-15-23)21(3)35(16-10-9-13-22-11-7-6-8-12-22)29(38)34-30(28(36)37)19-31(32,33)20-30;;/h6-8,11-12,17-18,21,23H,4-5,9-10,13-16,19-20H2,1-3H3,(H,34,38)(H,36,37);;/t21-;;/m1../s1. The van der Waals surface area contributed by atoms with Gasteiger partial charge in [0.1, 0.15) is 11.5 Å². The number of urea groups is 1. The van der Waals surface area contributed by atoms with Crippen LogP contribution in [0.1, 0.15) is 87.9 Å². The van der Waals surface area contributed by atoms with Crippen LogP contribution in [0.2, 0.25) is 0 Å². The van der Waals surface area contributed by atoms with E-state index >= 15 is 0 Å². The third-order valence-electron chi connectivity index (χ3n) is 7.76. The minimum atomic E-state index is -3.12. The summed E-state index contributed by atoms with van der Waals surface area (Å²) in [5.41, 5.74) is 1.02. The molecule has 0 radical (unpaired) electrons. The van der Waals surface area contributed by atoms with Crippen molar-refractivity contribution in [1.29, 1.82) is 0 Å². The van der Waals surface area contributed by atoms with E-state index in [2.05, 4.69) is 5.32 Å². The summed E-state index contributed by atoms with van der Waals surface area (Å²) in [5.74, 6) is -2.74. The van der Waals surface area contributed by atoms with Gasteiger partial charge in [0, 0.05) is 24.9 Å². The number of carboxylic acids is 1. The van der Waals surface area contributed by atoms with E-state index in [4.69, 9.17) is 9.47 Å². The van der Waals surface area contributed by atoms with Crippen LogP contribution in [0.3, 0.4) is 0 Å². The number of nitrogens with one attached hydrogen (secondary N) is 1. The normalized spacial score (nSPS) is 17.4. The van der Waals surface area contributed by atoms with E-state index < -0.39 is 42.3 Å². The molecule has 41 heavy (non-hydrogen) atoms. The Kier molecular flexibility index (Phi) is 11.5. The number of hydrogen-bond donors (Lipinski definition) is 2. The van der Waals surface area contributed by atoms with Crippen molar-refractivity contribution in [2.75, 3.05) is 19.8 Å². The molecule has 4 rings (SSSR count). The van der Waals surface area contributed by atoms with Gasteiger partial charge < -0.3 is 24.8 Å². The molecule has 2 amide bonds. The van der Waals surface area contributed by atoms with Crippen molar-refractivity contribution < 1.29 is 33.0 Å². The summed E-state index contributed by atoms with van der Waals surface area (Å²) in [5, 5.41) is 12.2.